The maximum absolute atomic E-state index is 12.7. The smallest absolute Gasteiger partial charge is 0.264 e. The Morgan fingerprint density at radius 1 is 1.41 bits per heavy atom. The van der Waals surface area contributed by atoms with Crippen molar-refractivity contribution in [2.45, 2.75) is 19.8 Å². The van der Waals surface area contributed by atoms with E-state index in [4.69, 9.17) is 4.84 Å². The second-order valence-corrected chi connectivity index (χ2v) is 7.02. The van der Waals surface area contributed by atoms with Gasteiger partial charge in [-0.2, -0.15) is 10.7 Å². The van der Waals surface area contributed by atoms with E-state index in [1.165, 1.54) is 56.4 Å². The minimum absolute atomic E-state index is 0.0215. The second kappa shape index (κ2) is 13.1. The Kier molecular flexibility index (Phi) is 10.1. The first-order chi connectivity index (χ1) is 15.5. The fourth-order valence-corrected chi connectivity index (χ4v) is 3.25. The number of carbonyl (C=O) groups is 1. The van der Waals surface area contributed by atoms with Crippen LogP contribution in [0.5, 0.6) is 11.5 Å². The fourth-order valence-electron chi connectivity index (χ4n) is 3.25. The van der Waals surface area contributed by atoms with Crippen molar-refractivity contribution in [1.29, 1.82) is 5.26 Å². The van der Waals surface area contributed by atoms with Crippen LogP contribution < -0.4 is 5.48 Å². The van der Waals surface area contributed by atoms with E-state index in [1.807, 2.05) is 13.0 Å². The highest BCUT2D eigenvalue weighted by atomic mass is 16.6. The van der Waals surface area contributed by atoms with E-state index in [1.54, 1.807) is 4.90 Å². The summed E-state index contributed by atoms with van der Waals surface area (Å²) in [5.41, 5.74) is 1.94. The molecule has 11 heteroatoms. The number of benzene rings is 1. The molecule has 32 heavy (non-hydrogen) atoms. The van der Waals surface area contributed by atoms with Gasteiger partial charge < -0.3 is 24.5 Å². The number of likely N-dealkylation sites (N-methyl/N-ethyl adjacent to an activating group) is 1. The van der Waals surface area contributed by atoms with Gasteiger partial charge in [-0.1, -0.05) is 5.16 Å². The van der Waals surface area contributed by atoms with Gasteiger partial charge in [0, 0.05) is 25.7 Å². The van der Waals surface area contributed by atoms with Gasteiger partial charge in [0.15, 0.2) is 12.1 Å². The highest BCUT2D eigenvalue weighted by molar-refractivity contribution is 6.01. The molecular weight excluding hydrogens is 416 g/mol. The van der Waals surface area contributed by atoms with Gasteiger partial charge in [-0.05, 0) is 50.6 Å². The quantitative estimate of drug-likeness (QED) is 0.176. The molecule has 0 bridgehead atoms. The number of nitrogens with two attached hydrogens (primary N) is 1. The molecule has 4 N–H and O–H groups in total. The molecule has 1 fully saturated rings. The van der Waals surface area contributed by atoms with Crippen molar-refractivity contribution >= 4 is 17.7 Å². The topological polar surface area (TPSA) is 153 Å². The van der Waals surface area contributed by atoms with E-state index in [0.29, 0.717) is 18.7 Å². The zero-order valence-electron chi connectivity index (χ0n) is 18.3. The third kappa shape index (κ3) is 7.35. The van der Waals surface area contributed by atoms with Crippen LogP contribution >= 0.6 is 0 Å². The van der Waals surface area contributed by atoms with Gasteiger partial charge in [0.05, 0.1) is 7.11 Å². The van der Waals surface area contributed by atoms with E-state index in [0.717, 1.165) is 19.6 Å². The molecular formula is C21H29N6O5+. The zero-order valence-corrected chi connectivity index (χ0v) is 18.3. The third-order valence-corrected chi connectivity index (χ3v) is 4.88. The Morgan fingerprint density at radius 2 is 2.16 bits per heavy atom. The normalized spacial score (nSPS) is 13.8. The lowest BCUT2D eigenvalue weighted by atomic mass is 10.1. The van der Waals surface area contributed by atoms with Crippen LogP contribution in [0.3, 0.4) is 0 Å². The average Bonchev–Trinajstić information content (AvgIpc) is 3.53. The van der Waals surface area contributed by atoms with E-state index in [-0.39, 0.29) is 28.7 Å². The highest BCUT2D eigenvalue weighted by Crippen LogP contribution is 2.32. The summed E-state index contributed by atoms with van der Waals surface area (Å²) in [6.45, 7) is 5.86. The summed E-state index contributed by atoms with van der Waals surface area (Å²) >= 11 is 0. The predicted octanol–water partition coefficient (Wildman–Crippen LogP) is 0.775. The molecule has 0 spiro atoms. The highest BCUT2D eigenvalue weighted by Gasteiger charge is 2.20. The minimum Gasteiger partial charge on any atom is -0.504 e. The monoisotopic (exact) mass is 445 g/mol. The Morgan fingerprint density at radius 3 is 2.69 bits per heavy atom. The van der Waals surface area contributed by atoms with Crippen LogP contribution in [0, 0.1) is 11.3 Å². The summed E-state index contributed by atoms with van der Waals surface area (Å²) in [5, 5.41) is 32.4. The van der Waals surface area contributed by atoms with Crippen LogP contribution in [0.2, 0.25) is 0 Å². The molecule has 1 saturated heterocycles. The Bertz CT molecular complexity index is 902. The molecule has 0 aliphatic carbocycles. The third-order valence-electron chi connectivity index (χ3n) is 4.88. The van der Waals surface area contributed by atoms with E-state index < -0.39 is 0 Å². The van der Waals surface area contributed by atoms with Gasteiger partial charge in [-0.15, -0.1) is 0 Å². The minimum atomic E-state index is -0.349. The summed E-state index contributed by atoms with van der Waals surface area (Å²) in [6.07, 6.45) is 6.39. The van der Waals surface area contributed by atoms with E-state index in [2.05, 4.69) is 19.6 Å². The summed E-state index contributed by atoms with van der Waals surface area (Å²) in [7, 11) is 1.42. The van der Waals surface area contributed by atoms with Crippen molar-refractivity contribution < 1.29 is 29.8 Å². The lowest BCUT2D eigenvalue weighted by Gasteiger charge is -2.24. The van der Waals surface area contributed by atoms with Crippen molar-refractivity contribution in [3.05, 3.63) is 36.0 Å². The summed E-state index contributed by atoms with van der Waals surface area (Å²) in [4.78, 5) is 25.0. The fraction of sp³-hybridized carbons (Fsp3) is 0.429. The molecule has 1 amide bonds. The van der Waals surface area contributed by atoms with Crippen LogP contribution in [0.1, 0.15) is 25.3 Å². The van der Waals surface area contributed by atoms with Gasteiger partial charge in [-0.25, -0.2) is 9.82 Å². The Labute approximate surface area is 186 Å². The van der Waals surface area contributed by atoms with Crippen LogP contribution in [-0.4, -0.2) is 75.9 Å². The number of phenols is 2. The van der Waals surface area contributed by atoms with Gasteiger partial charge in [0.25, 0.3) is 5.91 Å². The first kappa shape index (κ1) is 24.8. The number of nitriles is 1. The summed E-state index contributed by atoms with van der Waals surface area (Å²) in [6, 6.07) is 4.78. The molecule has 0 radical (unpaired) electrons. The molecule has 1 aromatic heterocycles. The number of amides is 1. The number of nitrogens with zero attached hydrogens (tertiary/aromatic N) is 5. The molecule has 1 aromatic carbocycles. The predicted molar refractivity (Wildman–Crippen MR) is 114 cm³/mol. The van der Waals surface area contributed by atoms with Crippen LogP contribution in [0.15, 0.2) is 34.9 Å². The average molecular weight is 446 g/mol. The molecule has 0 saturated carbocycles. The molecule has 2 aromatic rings. The first-order valence-corrected chi connectivity index (χ1v) is 10.2. The number of aromatic nitrogens is 2. The van der Waals surface area contributed by atoms with E-state index in [9.17, 15) is 20.3 Å². The van der Waals surface area contributed by atoms with Crippen molar-refractivity contribution in [3.8, 4) is 17.6 Å². The van der Waals surface area contributed by atoms with Crippen molar-refractivity contribution in [2.24, 2.45) is 0 Å². The number of hydrogen-bond donors (Lipinski definition) is 3. The molecule has 3 rings (SSSR count). The zero-order chi connectivity index (χ0) is 23.3. The molecule has 0 atom stereocenters. The lowest BCUT2D eigenvalue weighted by molar-refractivity contribution is -0.830. The summed E-state index contributed by atoms with van der Waals surface area (Å²) < 4.78 is 4.22. The number of hydrogen-bond acceptors (Lipinski definition) is 9. The molecule has 1 aliphatic heterocycles. The lowest BCUT2D eigenvalue weighted by Crippen LogP contribution is -2.75. The number of aromatic hydroxyl groups is 2. The van der Waals surface area contributed by atoms with Gasteiger partial charge in [0.1, 0.15) is 11.6 Å². The molecule has 0 unspecified atom stereocenters. The molecule has 172 valence electrons. The van der Waals surface area contributed by atoms with Gasteiger partial charge in [-0.3, -0.25) is 4.79 Å². The Balaban J connectivity index is 0.000000636. The van der Waals surface area contributed by atoms with Crippen molar-refractivity contribution in [2.75, 3.05) is 39.8 Å². The number of quaternary nitrogens is 1. The van der Waals surface area contributed by atoms with Gasteiger partial charge in [0.2, 0.25) is 17.8 Å². The molecule has 11 nitrogen and oxygen atoms in total. The number of carbonyl (C=O) groups excluding carboxylic acids is 1. The second-order valence-electron chi connectivity index (χ2n) is 7.02. The first-order valence-electron chi connectivity index (χ1n) is 10.2. The standard InChI is InChI=1S/C19H26N4O4.C2H2N2O/c1-3-23(9-8-22-6-4-5-7-22)19(26)15(13-20)10-14-11-16(21-27-2)18(25)17(24)12-14;1-3-2-5-4-1/h10-12,21,24-25H,3-9H2,1-2H3;1-2H/p+1/b15-10+;. The number of likely N-dealkylation sites (tertiary alicyclic amines) is 1. The van der Waals surface area contributed by atoms with E-state index >= 15 is 0 Å². The maximum atomic E-state index is 12.7. The maximum Gasteiger partial charge on any atom is 0.264 e. The Hall–Kier alpha value is -3.46. The van der Waals surface area contributed by atoms with Crippen molar-refractivity contribution in [3.63, 3.8) is 0 Å². The molecule has 1 aliphatic rings. The van der Waals surface area contributed by atoms with Crippen LogP contribution in [0.4, 0.5) is 5.69 Å². The SMILES string of the molecule is CCN(CCN1CCCC1)C(=O)/C(C#N)=C/c1cc(O)c(O)c([NH2+]OC)c1.c1ncon1. The van der Waals surface area contributed by atoms with Crippen molar-refractivity contribution in [1.82, 2.24) is 19.9 Å². The van der Waals surface area contributed by atoms with Gasteiger partial charge >= 0.3 is 0 Å². The number of rotatable bonds is 8. The number of phenolic OH excluding ortho intramolecular Hbond substituents is 2. The largest absolute Gasteiger partial charge is 0.504 e. The van der Waals surface area contributed by atoms with Crippen LogP contribution in [0.25, 0.3) is 6.08 Å². The molecule has 2 heterocycles. The summed E-state index contributed by atoms with van der Waals surface area (Å²) in [5.74, 6) is -1.01. The van der Waals surface area contributed by atoms with Crippen LogP contribution in [-0.2, 0) is 9.63 Å².